The van der Waals surface area contributed by atoms with Gasteiger partial charge in [-0.15, -0.1) is 23.2 Å². The van der Waals surface area contributed by atoms with Crippen molar-refractivity contribution in [2.75, 3.05) is 11.8 Å². The number of hydrogen-bond donors (Lipinski definition) is 0. The van der Waals surface area contributed by atoms with Crippen LogP contribution in [0.25, 0.3) is 0 Å². The fourth-order valence-corrected chi connectivity index (χ4v) is 0. The van der Waals surface area contributed by atoms with Crippen molar-refractivity contribution < 1.29 is 118 Å². The molecule has 7 heteroatoms. The van der Waals surface area contributed by atoms with Crippen molar-refractivity contribution in [3.8, 4) is 0 Å². The van der Waals surface area contributed by atoms with Gasteiger partial charge in [0.05, 0.1) is 0 Å². The summed E-state index contributed by atoms with van der Waals surface area (Å²) in [5.41, 5.74) is 0. The molecule has 0 N–H and O–H groups in total. The maximum absolute atomic E-state index is 8.33. The molecule has 0 aromatic rings. The van der Waals surface area contributed by atoms with Gasteiger partial charge in [-0.3, -0.25) is 0 Å². The second kappa shape index (κ2) is 22.7. The summed E-state index contributed by atoms with van der Waals surface area (Å²) in [4.78, 5) is 8.33. The molecule has 0 saturated carbocycles. The van der Waals surface area contributed by atoms with Gasteiger partial charge in [0, 0.05) is 11.8 Å². The van der Waals surface area contributed by atoms with Crippen LogP contribution < -0.4 is 113 Å². The Morgan fingerprint density at radius 1 is 1.10 bits per heavy atom. The maximum Gasteiger partial charge on any atom is 1.00 e. The topological polar surface area (TPSA) is 63.2 Å². The largest absolute Gasteiger partial charge is 1.00 e. The van der Waals surface area contributed by atoms with Gasteiger partial charge in [-0.05, 0) is 6.16 Å². The van der Waals surface area contributed by atoms with E-state index in [0.717, 1.165) is 0 Å². The molecule has 0 aliphatic heterocycles. The van der Waals surface area contributed by atoms with E-state index in [1.165, 1.54) is 0 Å². The van der Waals surface area contributed by atoms with Crippen molar-refractivity contribution in [2.45, 2.75) is 0 Å². The molecule has 0 spiro atoms. The Kier molecular flexibility index (Phi) is 52.7. The summed E-state index contributed by atoms with van der Waals surface area (Å²) >= 11 is 10.1. The molecule has 0 heterocycles. The number of halogens is 2. The van der Waals surface area contributed by atoms with Crippen LogP contribution in [0.1, 0.15) is 0 Å². The van der Waals surface area contributed by atoms with E-state index in [2.05, 4.69) is 0 Å². The molecule has 0 saturated heterocycles. The Labute approximate surface area is 155 Å². The molecular formula is C3H4Cl2K2O3. The van der Waals surface area contributed by atoms with Gasteiger partial charge in [-0.2, -0.15) is 0 Å². The third kappa shape index (κ3) is 67.1. The van der Waals surface area contributed by atoms with Crippen LogP contribution in [0.15, 0.2) is 0 Å². The molecule has 0 fully saturated rings. The minimum Gasteiger partial charge on any atom is -0.652 e. The van der Waals surface area contributed by atoms with Gasteiger partial charge >= 0.3 is 103 Å². The molecule has 0 amide bonds. The van der Waals surface area contributed by atoms with Gasteiger partial charge in [-0.1, -0.05) is 0 Å². The second-order valence-corrected chi connectivity index (χ2v) is 1.38. The molecule has 0 aliphatic rings. The van der Waals surface area contributed by atoms with Crippen LogP contribution in [-0.2, 0) is 0 Å². The molecule has 10 heavy (non-hydrogen) atoms. The van der Waals surface area contributed by atoms with Gasteiger partial charge in [-0.25, -0.2) is 0 Å². The first-order valence-corrected chi connectivity index (χ1v) is 2.72. The smallest absolute Gasteiger partial charge is 0.652 e. The van der Waals surface area contributed by atoms with Gasteiger partial charge in [0.1, 0.15) is 0 Å². The van der Waals surface area contributed by atoms with Crippen molar-refractivity contribution in [3.63, 3.8) is 0 Å². The molecule has 0 radical (unpaired) electrons. The number of carboxylic acid groups (broad SMARTS) is 2. The normalized spacial score (nSPS) is 5.40. The van der Waals surface area contributed by atoms with E-state index in [-0.39, 0.29) is 103 Å². The summed E-state index contributed by atoms with van der Waals surface area (Å²) < 4.78 is 0. The van der Waals surface area contributed by atoms with Gasteiger partial charge in [0.25, 0.3) is 0 Å². The summed E-state index contributed by atoms with van der Waals surface area (Å²) in [5.74, 6) is 1.11. The minimum absolute atomic E-state index is 0. The van der Waals surface area contributed by atoms with E-state index >= 15 is 0 Å². The predicted molar refractivity (Wildman–Crippen MR) is 26.8 cm³/mol. The van der Waals surface area contributed by atoms with E-state index in [9.17, 15) is 0 Å². The maximum atomic E-state index is 8.33. The number of hydrogen-bond acceptors (Lipinski definition) is 3. The van der Waals surface area contributed by atoms with Crippen molar-refractivity contribution in [1.82, 2.24) is 0 Å². The average Bonchev–Trinajstić information content (AvgIpc) is 1.65. The zero-order chi connectivity index (χ0) is 6.99. The molecule has 0 aliphatic carbocycles. The monoisotopic (exact) mass is 236 g/mol. The molecule has 50 valence electrons. The van der Waals surface area contributed by atoms with Crippen LogP contribution >= 0.6 is 23.2 Å². The predicted octanol–water partition coefficient (Wildman–Crippen LogP) is -6.97. The molecule has 0 rings (SSSR count). The van der Waals surface area contributed by atoms with Crippen LogP contribution in [-0.4, -0.2) is 17.9 Å². The third-order valence-corrected chi connectivity index (χ3v) is 0.643. The minimum atomic E-state index is -2.33. The quantitative estimate of drug-likeness (QED) is 0.336. The Morgan fingerprint density at radius 3 is 1.20 bits per heavy atom. The molecule has 0 aromatic carbocycles. The summed E-state index contributed by atoms with van der Waals surface area (Å²) in [6, 6.07) is 0. The number of carbonyl (C=O) groups excluding carboxylic acids is 1. The Bertz CT molecular complexity index is 57.7. The van der Waals surface area contributed by atoms with Crippen LogP contribution in [0.3, 0.4) is 0 Å². The zero-order valence-electron chi connectivity index (χ0n) is 5.89. The number of rotatable bonds is 1. The van der Waals surface area contributed by atoms with Crippen molar-refractivity contribution >= 4 is 29.4 Å². The fraction of sp³-hybridized carbons (Fsp3) is 0.667. The van der Waals surface area contributed by atoms with E-state index in [1.54, 1.807) is 0 Å². The first-order chi connectivity index (χ1) is 3.65. The molecule has 0 atom stereocenters. The van der Waals surface area contributed by atoms with E-state index < -0.39 is 6.16 Å². The molecule has 3 nitrogen and oxygen atoms in total. The Hall–Kier alpha value is 3.12. The SMILES string of the molecule is ClCCCl.O=C([O-])[O-].[K+].[K+]. The van der Waals surface area contributed by atoms with E-state index in [0.29, 0.717) is 11.8 Å². The first kappa shape index (κ1) is 23.2. The van der Waals surface area contributed by atoms with Gasteiger partial charge in [0.15, 0.2) is 0 Å². The van der Waals surface area contributed by atoms with Crippen LogP contribution in [0.4, 0.5) is 4.79 Å². The van der Waals surface area contributed by atoms with E-state index in [4.69, 9.17) is 38.2 Å². The summed E-state index contributed by atoms with van der Waals surface area (Å²) in [6.07, 6.45) is -2.33. The molecule has 0 aromatic heterocycles. The van der Waals surface area contributed by atoms with E-state index in [1.807, 2.05) is 0 Å². The van der Waals surface area contributed by atoms with Crippen LogP contribution in [0.5, 0.6) is 0 Å². The van der Waals surface area contributed by atoms with Gasteiger partial charge in [0.2, 0.25) is 0 Å². The van der Waals surface area contributed by atoms with Crippen molar-refractivity contribution in [2.24, 2.45) is 0 Å². The summed E-state index contributed by atoms with van der Waals surface area (Å²) in [5, 5.41) is 16.7. The molecular weight excluding hydrogens is 233 g/mol. The average molecular weight is 237 g/mol. The Morgan fingerprint density at radius 2 is 1.20 bits per heavy atom. The number of alkyl halides is 2. The van der Waals surface area contributed by atoms with Crippen LogP contribution in [0, 0.1) is 0 Å². The second-order valence-electron chi connectivity index (χ2n) is 0.628. The molecule has 0 unspecified atom stereocenters. The standard InChI is InChI=1S/C2H4Cl2.CH2O3.2K/c3-1-2-4;2-1(3)4;;/h1-2H2;(H2,2,3,4);;/q;;2*+1/p-2. The van der Waals surface area contributed by atoms with Crippen molar-refractivity contribution in [3.05, 3.63) is 0 Å². The summed E-state index contributed by atoms with van der Waals surface area (Å²) in [7, 11) is 0. The zero-order valence-corrected chi connectivity index (χ0v) is 13.7. The Balaban J connectivity index is -0.0000000300. The third-order valence-electron chi connectivity index (χ3n) is 0.0714. The van der Waals surface area contributed by atoms with Gasteiger partial charge < -0.3 is 15.0 Å². The van der Waals surface area contributed by atoms with Crippen molar-refractivity contribution in [1.29, 1.82) is 0 Å². The molecule has 0 bridgehead atoms. The first-order valence-electron chi connectivity index (χ1n) is 1.65. The van der Waals surface area contributed by atoms with Crippen LogP contribution in [0.2, 0.25) is 0 Å². The summed E-state index contributed by atoms with van der Waals surface area (Å²) in [6.45, 7) is 0. The fourth-order valence-electron chi connectivity index (χ4n) is 0. The number of carbonyl (C=O) groups is 1.